The number of hydrogen-bond donors (Lipinski definition) is 2. The van der Waals surface area contributed by atoms with Gasteiger partial charge in [0.05, 0.1) is 16.5 Å². The fourth-order valence-corrected chi connectivity index (χ4v) is 3.11. The maximum Gasteiger partial charge on any atom is 0.233 e. The van der Waals surface area contributed by atoms with Crippen LogP contribution in [0.25, 0.3) is 0 Å². The molecule has 0 unspecified atom stereocenters. The maximum absolute atomic E-state index is 11.6. The van der Waals surface area contributed by atoms with Crippen molar-refractivity contribution in [3.63, 3.8) is 0 Å². The Kier molecular flexibility index (Phi) is 2.99. The SMILES string of the molecule is O=S(=O)(CC1CC1)Nc1cccc(Cl)c1O. The first-order chi connectivity index (χ1) is 7.48. The zero-order chi connectivity index (χ0) is 11.8. The van der Waals surface area contributed by atoms with Crippen molar-refractivity contribution in [3.8, 4) is 5.75 Å². The van der Waals surface area contributed by atoms with E-state index >= 15 is 0 Å². The summed E-state index contributed by atoms with van der Waals surface area (Å²) in [5.41, 5.74) is 0.133. The highest BCUT2D eigenvalue weighted by atomic mass is 35.5. The van der Waals surface area contributed by atoms with Gasteiger partial charge in [-0.1, -0.05) is 17.7 Å². The predicted molar refractivity (Wildman–Crippen MR) is 63.3 cm³/mol. The van der Waals surface area contributed by atoms with Gasteiger partial charge in [-0.05, 0) is 30.9 Å². The van der Waals surface area contributed by atoms with Gasteiger partial charge in [0.25, 0.3) is 0 Å². The van der Waals surface area contributed by atoms with Gasteiger partial charge in [0.15, 0.2) is 5.75 Å². The molecule has 0 heterocycles. The van der Waals surface area contributed by atoms with Gasteiger partial charge in [0.1, 0.15) is 0 Å². The number of rotatable bonds is 4. The largest absolute Gasteiger partial charge is 0.504 e. The molecule has 0 aliphatic heterocycles. The summed E-state index contributed by atoms with van der Waals surface area (Å²) in [4.78, 5) is 0. The van der Waals surface area contributed by atoms with Crippen molar-refractivity contribution in [1.82, 2.24) is 0 Å². The van der Waals surface area contributed by atoms with E-state index in [-0.39, 0.29) is 28.1 Å². The Morgan fingerprint density at radius 1 is 1.44 bits per heavy atom. The number of phenolic OH excluding ortho intramolecular Hbond substituents is 1. The maximum atomic E-state index is 11.6. The molecule has 6 heteroatoms. The summed E-state index contributed by atoms with van der Waals surface area (Å²) in [6, 6.07) is 4.55. The fourth-order valence-electron chi connectivity index (χ4n) is 1.40. The number of halogens is 1. The molecule has 1 fully saturated rings. The van der Waals surface area contributed by atoms with Gasteiger partial charge in [-0.25, -0.2) is 8.42 Å². The molecule has 16 heavy (non-hydrogen) atoms. The Hall–Kier alpha value is -0.940. The lowest BCUT2D eigenvalue weighted by atomic mass is 10.3. The molecule has 0 bridgehead atoms. The minimum atomic E-state index is -3.38. The fraction of sp³-hybridized carbons (Fsp3) is 0.400. The van der Waals surface area contributed by atoms with Gasteiger partial charge in [0.2, 0.25) is 10.0 Å². The van der Waals surface area contributed by atoms with Crippen molar-refractivity contribution in [1.29, 1.82) is 0 Å². The average molecular weight is 262 g/mol. The van der Waals surface area contributed by atoms with E-state index in [4.69, 9.17) is 11.6 Å². The lowest BCUT2D eigenvalue weighted by molar-refractivity contribution is 0.478. The second-order valence-electron chi connectivity index (χ2n) is 3.96. The topological polar surface area (TPSA) is 66.4 Å². The molecule has 1 aromatic rings. The van der Waals surface area contributed by atoms with E-state index in [1.807, 2.05) is 0 Å². The Labute approximate surface area is 99.3 Å². The van der Waals surface area contributed by atoms with Crippen LogP contribution < -0.4 is 4.72 Å². The van der Waals surface area contributed by atoms with Crippen LogP contribution in [0.3, 0.4) is 0 Å². The molecule has 0 saturated heterocycles. The van der Waals surface area contributed by atoms with Crippen molar-refractivity contribution in [2.75, 3.05) is 10.5 Å². The monoisotopic (exact) mass is 261 g/mol. The van der Waals surface area contributed by atoms with Crippen LogP contribution in [-0.2, 0) is 10.0 Å². The smallest absolute Gasteiger partial charge is 0.233 e. The van der Waals surface area contributed by atoms with Crippen LogP contribution in [0.4, 0.5) is 5.69 Å². The van der Waals surface area contributed by atoms with Crippen molar-refractivity contribution in [2.24, 2.45) is 5.92 Å². The Balaban J connectivity index is 2.16. The van der Waals surface area contributed by atoms with Crippen LogP contribution in [0.5, 0.6) is 5.75 Å². The summed E-state index contributed by atoms with van der Waals surface area (Å²) in [6.07, 6.45) is 1.92. The van der Waals surface area contributed by atoms with Crippen molar-refractivity contribution < 1.29 is 13.5 Å². The molecule has 2 rings (SSSR count). The molecule has 1 aromatic carbocycles. The first kappa shape index (κ1) is 11.5. The molecule has 1 aliphatic rings. The zero-order valence-corrected chi connectivity index (χ0v) is 10.1. The van der Waals surface area contributed by atoms with Crippen LogP contribution in [0, 0.1) is 5.92 Å². The van der Waals surface area contributed by atoms with Crippen molar-refractivity contribution in [3.05, 3.63) is 23.2 Å². The highest BCUT2D eigenvalue weighted by Crippen LogP contribution is 2.34. The normalized spacial score (nSPS) is 16.1. The average Bonchev–Trinajstić information content (AvgIpc) is 2.95. The Morgan fingerprint density at radius 2 is 2.12 bits per heavy atom. The third-order valence-corrected chi connectivity index (χ3v) is 4.15. The molecule has 0 atom stereocenters. The first-order valence-electron chi connectivity index (χ1n) is 4.96. The van der Waals surface area contributed by atoms with E-state index in [2.05, 4.69) is 4.72 Å². The third kappa shape index (κ3) is 2.80. The van der Waals surface area contributed by atoms with Gasteiger partial charge in [0, 0.05) is 0 Å². The highest BCUT2D eigenvalue weighted by Gasteiger charge is 2.28. The minimum absolute atomic E-state index is 0.110. The summed E-state index contributed by atoms with van der Waals surface area (Å²) in [7, 11) is -3.38. The van der Waals surface area contributed by atoms with Crippen LogP contribution in [0.1, 0.15) is 12.8 Å². The number of sulfonamides is 1. The molecule has 0 spiro atoms. The van der Waals surface area contributed by atoms with E-state index in [0.717, 1.165) is 12.8 Å². The van der Waals surface area contributed by atoms with Crippen molar-refractivity contribution in [2.45, 2.75) is 12.8 Å². The third-order valence-electron chi connectivity index (χ3n) is 2.40. The number of aromatic hydroxyl groups is 1. The zero-order valence-electron chi connectivity index (χ0n) is 8.48. The van der Waals surface area contributed by atoms with Gasteiger partial charge >= 0.3 is 0 Å². The highest BCUT2D eigenvalue weighted by molar-refractivity contribution is 7.92. The van der Waals surface area contributed by atoms with Crippen LogP contribution in [0.15, 0.2) is 18.2 Å². The lowest BCUT2D eigenvalue weighted by Crippen LogP contribution is -2.17. The van der Waals surface area contributed by atoms with Crippen molar-refractivity contribution >= 4 is 27.3 Å². The van der Waals surface area contributed by atoms with Crippen LogP contribution in [0.2, 0.25) is 5.02 Å². The summed E-state index contributed by atoms with van der Waals surface area (Å²) in [5, 5.41) is 9.68. The summed E-state index contributed by atoms with van der Waals surface area (Å²) < 4.78 is 25.6. The number of anilines is 1. The minimum Gasteiger partial charge on any atom is -0.504 e. The summed E-state index contributed by atoms with van der Waals surface area (Å²) in [6.45, 7) is 0. The molecule has 1 aliphatic carbocycles. The summed E-state index contributed by atoms with van der Waals surface area (Å²) >= 11 is 5.68. The van der Waals surface area contributed by atoms with E-state index in [0.29, 0.717) is 0 Å². The Bertz CT molecular complexity index is 497. The lowest BCUT2D eigenvalue weighted by Gasteiger charge is -2.09. The molecule has 88 valence electrons. The number of hydrogen-bond acceptors (Lipinski definition) is 3. The number of phenols is 1. The molecule has 0 radical (unpaired) electrons. The van der Waals surface area contributed by atoms with E-state index < -0.39 is 10.0 Å². The van der Waals surface area contributed by atoms with Gasteiger partial charge in [-0.15, -0.1) is 0 Å². The predicted octanol–water partition coefficient (Wildman–Crippen LogP) is 2.20. The van der Waals surface area contributed by atoms with Gasteiger partial charge in [-0.2, -0.15) is 0 Å². The van der Waals surface area contributed by atoms with E-state index in [9.17, 15) is 13.5 Å². The molecule has 0 amide bonds. The number of nitrogens with one attached hydrogen (secondary N) is 1. The molecular formula is C10H12ClNO3S. The molecule has 2 N–H and O–H groups in total. The standard InChI is InChI=1S/C10H12ClNO3S/c11-8-2-1-3-9(10(8)13)12-16(14,15)6-7-4-5-7/h1-3,7,12-13H,4-6H2. The van der Waals surface area contributed by atoms with Crippen LogP contribution in [-0.4, -0.2) is 19.3 Å². The quantitative estimate of drug-likeness (QED) is 0.817. The first-order valence-corrected chi connectivity index (χ1v) is 6.99. The van der Waals surface area contributed by atoms with E-state index in [1.54, 1.807) is 6.07 Å². The van der Waals surface area contributed by atoms with Gasteiger partial charge in [-0.3, -0.25) is 4.72 Å². The molecule has 0 aromatic heterocycles. The molecule has 1 saturated carbocycles. The van der Waals surface area contributed by atoms with Gasteiger partial charge < -0.3 is 5.11 Å². The molecule has 4 nitrogen and oxygen atoms in total. The number of para-hydroxylation sites is 1. The second-order valence-corrected chi connectivity index (χ2v) is 6.14. The van der Waals surface area contributed by atoms with E-state index in [1.165, 1.54) is 12.1 Å². The molecular weight excluding hydrogens is 250 g/mol. The van der Waals surface area contributed by atoms with Crippen LogP contribution >= 0.6 is 11.6 Å². The summed E-state index contributed by atoms with van der Waals surface area (Å²) in [5.74, 6) is 0.140. The number of benzene rings is 1. The Morgan fingerprint density at radius 3 is 2.75 bits per heavy atom. The second kappa shape index (κ2) is 4.14.